The Morgan fingerprint density at radius 2 is 2.00 bits per heavy atom. The zero-order valence-electron chi connectivity index (χ0n) is 14.7. The number of rotatable bonds is 5. The smallest absolute Gasteiger partial charge is 0.272 e. The third kappa shape index (κ3) is 4.70. The number of nitro benzene ring substituents is 1. The minimum Gasteiger partial charge on any atom is -0.350 e. The van der Waals surface area contributed by atoms with Gasteiger partial charge in [0.25, 0.3) is 5.69 Å². The molecule has 2 aliphatic heterocycles. The van der Waals surface area contributed by atoms with Crippen LogP contribution in [0.2, 0.25) is 0 Å². The van der Waals surface area contributed by atoms with Crippen molar-refractivity contribution >= 4 is 24.0 Å². The zero-order chi connectivity index (χ0) is 17.3. The van der Waals surface area contributed by atoms with Crippen molar-refractivity contribution in [2.75, 3.05) is 0 Å². The second-order valence-corrected chi connectivity index (χ2v) is 7.27. The lowest BCUT2D eigenvalue weighted by Crippen LogP contribution is -2.40. The summed E-state index contributed by atoms with van der Waals surface area (Å²) in [7, 11) is 0. The first kappa shape index (κ1) is 19.7. The van der Waals surface area contributed by atoms with Gasteiger partial charge in [0.1, 0.15) is 0 Å². The molecule has 2 bridgehead atoms. The van der Waals surface area contributed by atoms with Crippen molar-refractivity contribution in [3.63, 3.8) is 0 Å². The van der Waals surface area contributed by atoms with Crippen molar-refractivity contribution in [2.24, 2.45) is 5.92 Å². The number of benzene rings is 1. The molecule has 3 rings (SSSR count). The van der Waals surface area contributed by atoms with Gasteiger partial charge in [0, 0.05) is 30.1 Å². The summed E-state index contributed by atoms with van der Waals surface area (Å²) in [5.74, 6) is 0.486. The van der Waals surface area contributed by atoms with Crippen molar-refractivity contribution in [3.05, 3.63) is 39.4 Å². The summed E-state index contributed by atoms with van der Waals surface area (Å²) >= 11 is 0. The average molecular weight is 368 g/mol. The lowest BCUT2D eigenvalue weighted by Gasteiger charge is -2.29. The van der Waals surface area contributed by atoms with Crippen molar-refractivity contribution in [2.45, 2.75) is 64.1 Å². The normalized spacial score (nSPS) is 25.8. The van der Waals surface area contributed by atoms with E-state index in [1.165, 1.54) is 12.8 Å². The van der Waals surface area contributed by atoms with Gasteiger partial charge in [-0.2, -0.15) is 0 Å². The van der Waals surface area contributed by atoms with E-state index in [9.17, 15) is 14.9 Å². The molecule has 138 valence electrons. The summed E-state index contributed by atoms with van der Waals surface area (Å²) in [6.45, 7) is 3.59. The molecule has 0 spiro atoms. The van der Waals surface area contributed by atoms with Crippen molar-refractivity contribution in [3.8, 4) is 0 Å². The molecule has 2 fully saturated rings. The van der Waals surface area contributed by atoms with Crippen LogP contribution in [0.15, 0.2) is 18.2 Å². The maximum atomic E-state index is 12.3. The Labute approximate surface area is 154 Å². The number of fused-ring (bicyclic) bond motifs is 2. The molecule has 2 saturated heterocycles. The number of halogens is 1. The van der Waals surface area contributed by atoms with Gasteiger partial charge in [-0.25, -0.2) is 0 Å². The van der Waals surface area contributed by atoms with Crippen LogP contribution in [-0.4, -0.2) is 22.9 Å². The van der Waals surface area contributed by atoms with Gasteiger partial charge in [-0.3, -0.25) is 14.9 Å². The molecule has 2 heterocycles. The number of piperidine rings is 1. The van der Waals surface area contributed by atoms with E-state index in [1.54, 1.807) is 19.1 Å². The number of carbonyl (C=O) groups is 1. The predicted octanol–water partition coefficient (Wildman–Crippen LogP) is 3.42. The number of nitrogens with one attached hydrogen (secondary N) is 2. The Kier molecular flexibility index (Phi) is 6.41. The SMILES string of the molecule is Cc1ccc(C(C)NC(=O)CC2CC3CCC(C2)N3)cc1[N+](=O)[O-].Cl. The maximum Gasteiger partial charge on any atom is 0.272 e. The minimum absolute atomic E-state index is 0. The van der Waals surface area contributed by atoms with E-state index in [-0.39, 0.29) is 35.0 Å². The van der Waals surface area contributed by atoms with Crippen molar-refractivity contribution in [1.82, 2.24) is 10.6 Å². The fourth-order valence-electron chi connectivity index (χ4n) is 4.08. The number of hydrogen-bond acceptors (Lipinski definition) is 4. The average Bonchev–Trinajstić information content (AvgIpc) is 2.86. The van der Waals surface area contributed by atoms with E-state index in [2.05, 4.69) is 10.6 Å². The van der Waals surface area contributed by atoms with Crippen LogP contribution >= 0.6 is 12.4 Å². The first-order chi connectivity index (χ1) is 11.4. The van der Waals surface area contributed by atoms with Gasteiger partial charge in [-0.15, -0.1) is 12.4 Å². The van der Waals surface area contributed by atoms with Crippen LogP contribution in [0.25, 0.3) is 0 Å². The van der Waals surface area contributed by atoms with Gasteiger partial charge < -0.3 is 10.6 Å². The zero-order valence-corrected chi connectivity index (χ0v) is 15.5. The van der Waals surface area contributed by atoms with E-state index in [4.69, 9.17) is 0 Å². The van der Waals surface area contributed by atoms with Gasteiger partial charge in [-0.05, 0) is 51.0 Å². The highest BCUT2D eigenvalue weighted by atomic mass is 35.5. The van der Waals surface area contributed by atoms with Crippen molar-refractivity contribution in [1.29, 1.82) is 0 Å². The number of amides is 1. The van der Waals surface area contributed by atoms with Gasteiger partial charge in [0.2, 0.25) is 5.91 Å². The molecule has 3 atom stereocenters. The fraction of sp³-hybridized carbons (Fsp3) is 0.611. The largest absolute Gasteiger partial charge is 0.350 e. The maximum absolute atomic E-state index is 12.3. The fourth-order valence-corrected chi connectivity index (χ4v) is 4.08. The lowest BCUT2D eigenvalue weighted by molar-refractivity contribution is -0.385. The second kappa shape index (κ2) is 8.15. The molecule has 2 N–H and O–H groups in total. The Morgan fingerprint density at radius 1 is 1.36 bits per heavy atom. The molecule has 2 aliphatic rings. The summed E-state index contributed by atoms with van der Waals surface area (Å²) in [5, 5.41) is 17.6. The van der Waals surface area contributed by atoms with Crippen LogP contribution in [0.5, 0.6) is 0 Å². The van der Waals surface area contributed by atoms with E-state index in [0.717, 1.165) is 18.4 Å². The lowest BCUT2D eigenvalue weighted by atomic mass is 9.89. The van der Waals surface area contributed by atoms with Crippen LogP contribution in [-0.2, 0) is 4.79 Å². The molecule has 3 unspecified atom stereocenters. The molecular weight excluding hydrogens is 342 g/mol. The van der Waals surface area contributed by atoms with E-state index in [1.807, 2.05) is 13.0 Å². The van der Waals surface area contributed by atoms with Crippen LogP contribution in [0.3, 0.4) is 0 Å². The molecule has 1 amide bonds. The van der Waals surface area contributed by atoms with Crippen LogP contribution < -0.4 is 10.6 Å². The van der Waals surface area contributed by atoms with E-state index in [0.29, 0.717) is 30.0 Å². The number of nitrogens with zero attached hydrogens (tertiary/aromatic N) is 1. The monoisotopic (exact) mass is 367 g/mol. The highest BCUT2D eigenvalue weighted by Gasteiger charge is 2.34. The predicted molar refractivity (Wildman–Crippen MR) is 98.9 cm³/mol. The number of hydrogen-bond donors (Lipinski definition) is 2. The second-order valence-electron chi connectivity index (χ2n) is 7.27. The molecule has 0 radical (unpaired) electrons. The highest BCUT2D eigenvalue weighted by Crippen LogP contribution is 2.32. The van der Waals surface area contributed by atoms with Gasteiger partial charge in [0.15, 0.2) is 0 Å². The van der Waals surface area contributed by atoms with E-state index >= 15 is 0 Å². The molecule has 0 aromatic heterocycles. The molecule has 1 aromatic carbocycles. The first-order valence-electron chi connectivity index (χ1n) is 8.72. The minimum atomic E-state index is -0.377. The molecule has 1 aromatic rings. The topological polar surface area (TPSA) is 84.3 Å². The van der Waals surface area contributed by atoms with Crippen molar-refractivity contribution < 1.29 is 9.72 Å². The molecule has 25 heavy (non-hydrogen) atoms. The Morgan fingerprint density at radius 3 is 2.60 bits per heavy atom. The summed E-state index contributed by atoms with van der Waals surface area (Å²) in [5.41, 5.74) is 1.50. The molecule has 7 heteroatoms. The highest BCUT2D eigenvalue weighted by molar-refractivity contribution is 5.85. The van der Waals surface area contributed by atoms with Crippen LogP contribution in [0.1, 0.15) is 56.2 Å². The Bertz CT molecular complexity index is 640. The molecule has 6 nitrogen and oxygen atoms in total. The van der Waals surface area contributed by atoms with E-state index < -0.39 is 0 Å². The quantitative estimate of drug-likeness (QED) is 0.616. The molecular formula is C18H26ClN3O3. The number of carbonyl (C=O) groups excluding carboxylic acids is 1. The van der Waals surface area contributed by atoms with Crippen LogP contribution in [0, 0.1) is 23.0 Å². The Hall–Kier alpha value is -1.66. The summed E-state index contributed by atoms with van der Waals surface area (Å²) in [6.07, 6.45) is 5.16. The summed E-state index contributed by atoms with van der Waals surface area (Å²) in [6, 6.07) is 6.08. The summed E-state index contributed by atoms with van der Waals surface area (Å²) in [4.78, 5) is 23.0. The third-order valence-corrected chi connectivity index (χ3v) is 5.35. The van der Waals surface area contributed by atoms with Crippen LogP contribution in [0.4, 0.5) is 5.69 Å². The molecule has 0 saturated carbocycles. The first-order valence-corrected chi connectivity index (χ1v) is 8.72. The van der Waals surface area contributed by atoms with Gasteiger partial charge >= 0.3 is 0 Å². The number of nitro groups is 1. The van der Waals surface area contributed by atoms with Gasteiger partial charge in [0.05, 0.1) is 11.0 Å². The summed E-state index contributed by atoms with van der Waals surface area (Å²) < 4.78 is 0. The molecule has 0 aliphatic carbocycles. The number of aryl methyl sites for hydroxylation is 1. The van der Waals surface area contributed by atoms with Gasteiger partial charge in [-0.1, -0.05) is 12.1 Å². The third-order valence-electron chi connectivity index (χ3n) is 5.35. The standard InChI is InChI=1S/C18H25N3O3.ClH/c1-11-3-4-14(10-17(11)21(23)24)12(2)19-18(22)9-13-7-15-5-6-16(8-13)20-15;/h3-4,10,12-13,15-16,20H,5-9H2,1-2H3,(H,19,22);1H. The Balaban J connectivity index is 0.00000225.